The van der Waals surface area contributed by atoms with Gasteiger partial charge in [0.2, 0.25) is 0 Å². The first kappa shape index (κ1) is 17.1. The molecule has 1 aromatic rings. The van der Waals surface area contributed by atoms with Crippen molar-refractivity contribution >= 4 is 11.9 Å². The number of fused-ring (bicyclic) bond motifs is 2. The van der Waals surface area contributed by atoms with Gasteiger partial charge in [-0.1, -0.05) is 30.3 Å². The molecule has 3 aliphatic heterocycles. The van der Waals surface area contributed by atoms with E-state index >= 15 is 0 Å². The quantitative estimate of drug-likeness (QED) is 0.843. The Kier molecular flexibility index (Phi) is 4.68. The average molecular weight is 356 g/mol. The van der Waals surface area contributed by atoms with Gasteiger partial charge in [-0.3, -0.25) is 14.5 Å². The summed E-state index contributed by atoms with van der Waals surface area (Å²) in [5, 5.41) is 12.5. The number of aliphatic carboxylic acids is 1. The van der Waals surface area contributed by atoms with Crippen molar-refractivity contribution in [3.63, 3.8) is 0 Å². The second kappa shape index (κ2) is 7.11. The van der Waals surface area contributed by atoms with Crippen molar-refractivity contribution < 1.29 is 19.4 Å². The van der Waals surface area contributed by atoms with Crippen LogP contribution in [0, 0.1) is 5.92 Å². The van der Waals surface area contributed by atoms with E-state index in [-0.39, 0.29) is 18.1 Å². The third-order valence-corrected chi connectivity index (χ3v) is 5.62. The number of piperidine rings is 1. The smallest absolute Gasteiger partial charge is 0.315 e. The molecule has 2 fully saturated rings. The number of carbonyl (C=O) groups excluding carboxylic acids is 1. The van der Waals surface area contributed by atoms with E-state index in [2.05, 4.69) is 22.3 Å². The highest BCUT2D eigenvalue weighted by atomic mass is 16.5. The molecule has 3 heterocycles. The van der Waals surface area contributed by atoms with E-state index in [4.69, 9.17) is 4.74 Å². The lowest BCUT2D eigenvalue weighted by atomic mass is 9.86. The van der Waals surface area contributed by atoms with Gasteiger partial charge in [-0.05, 0) is 24.8 Å². The van der Waals surface area contributed by atoms with Gasteiger partial charge in [0.1, 0.15) is 17.8 Å². The number of likely N-dealkylation sites (tertiary alicyclic amines) is 1. The summed E-state index contributed by atoms with van der Waals surface area (Å²) in [4.78, 5) is 26.6. The Labute approximate surface area is 152 Å². The first-order valence-electron chi connectivity index (χ1n) is 9.31. The van der Waals surface area contributed by atoms with Crippen LogP contribution in [0.1, 0.15) is 31.2 Å². The topological polar surface area (TPSA) is 78.9 Å². The third kappa shape index (κ3) is 3.33. The number of hydrogen-bond donors (Lipinski definition) is 2. The normalized spacial score (nSPS) is 26.0. The number of carbonyl (C=O) groups is 2. The van der Waals surface area contributed by atoms with E-state index < -0.39 is 11.9 Å². The fourth-order valence-electron chi connectivity index (χ4n) is 4.26. The molecule has 6 heteroatoms. The molecule has 0 radical (unpaired) electrons. The molecule has 3 aliphatic rings. The number of rotatable bonds is 5. The van der Waals surface area contributed by atoms with Gasteiger partial charge in [0, 0.05) is 32.1 Å². The molecule has 1 unspecified atom stereocenters. The van der Waals surface area contributed by atoms with Gasteiger partial charge in [-0.15, -0.1) is 0 Å². The van der Waals surface area contributed by atoms with Crippen LogP contribution in [0.25, 0.3) is 0 Å². The van der Waals surface area contributed by atoms with Crippen LogP contribution in [0.5, 0.6) is 0 Å². The average Bonchev–Trinajstić information content (AvgIpc) is 3.25. The lowest BCUT2D eigenvalue weighted by Gasteiger charge is -2.32. The summed E-state index contributed by atoms with van der Waals surface area (Å²) >= 11 is 0. The molecule has 26 heavy (non-hydrogen) atoms. The number of hydrogen-bond acceptors (Lipinski definition) is 4. The molecule has 0 spiro atoms. The Hall–Kier alpha value is -2.34. The van der Waals surface area contributed by atoms with Crippen LogP contribution < -0.4 is 5.32 Å². The summed E-state index contributed by atoms with van der Waals surface area (Å²) in [6, 6.07) is 10.5. The van der Waals surface area contributed by atoms with Crippen molar-refractivity contribution in [1.29, 1.82) is 0 Å². The minimum Gasteiger partial charge on any atom is -0.493 e. The maximum absolute atomic E-state index is 12.7. The summed E-state index contributed by atoms with van der Waals surface area (Å²) in [5.74, 6) is -1.44. The zero-order valence-electron chi connectivity index (χ0n) is 14.7. The van der Waals surface area contributed by atoms with E-state index in [1.54, 1.807) is 0 Å². The standard InChI is InChI=1S/C20H24N2O4/c23-19(17-15-6-7-16(26-15)18(17)20(24)25)21-14-8-10-22(11-9-14)12-13-4-2-1-3-5-13/h1-5,14,16,18H,6-12H2,(H,21,23)(H,24,25)/t16-,18?/m0/s1. The predicted octanol–water partition coefficient (Wildman–Crippen LogP) is 1.91. The third-order valence-electron chi connectivity index (χ3n) is 5.62. The summed E-state index contributed by atoms with van der Waals surface area (Å²) < 4.78 is 5.58. The molecule has 138 valence electrons. The maximum atomic E-state index is 12.7. The molecule has 1 amide bonds. The molecule has 2 saturated heterocycles. The van der Waals surface area contributed by atoms with Gasteiger partial charge < -0.3 is 15.2 Å². The number of benzene rings is 1. The lowest BCUT2D eigenvalue weighted by Crippen LogP contribution is -2.46. The number of amides is 1. The number of ether oxygens (including phenoxy) is 1. The number of nitrogens with zero attached hydrogens (tertiary/aromatic N) is 1. The molecule has 4 rings (SSSR count). The Bertz CT molecular complexity index is 723. The first-order chi connectivity index (χ1) is 12.6. The van der Waals surface area contributed by atoms with Crippen molar-refractivity contribution in [2.24, 2.45) is 5.92 Å². The lowest BCUT2D eigenvalue weighted by molar-refractivity contribution is -0.143. The summed E-state index contributed by atoms with van der Waals surface area (Å²) in [6.07, 6.45) is 2.76. The second-order valence-electron chi connectivity index (χ2n) is 7.36. The fraction of sp³-hybridized carbons (Fsp3) is 0.500. The molecular formula is C20H24N2O4. The summed E-state index contributed by atoms with van der Waals surface area (Å²) in [7, 11) is 0. The van der Waals surface area contributed by atoms with Crippen LogP contribution in [0.4, 0.5) is 0 Å². The summed E-state index contributed by atoms with van der Waals surface area (Å²) in [6.45, 7) is 2.77. The van der Waals surface area contributed by atoms with Gasteiger partial charge in [-0.25, -0.2) is 0 Å². The number of carboxylic acid groups (broad SMARTS) is 1. The van der Waals surface area contributed by atoms with E-state index in [9.17, 15) is 14.7 Å². The Morgan fingerprint density at radius 3 is 2.58 bits per heavy atom. The van der Waals surface area contributed by atoms with E-state index in [1.807, 2.05) is 18.2 Å². The zero-order valence-corrected chi connectivity index (χ0v) is 14.7. The van der Waals surface area contributed by atoms with Gasteiger partial charge in [0.25, 0.3) is 5.91 Å². The zero-order chi connectivity index (χ0) is 18.1. The summed E-state index contributed by atoms with van der Waals surface area (Å²) in [5.41, 5.74) is 1.64. The van der Waals surface area contributed by atoms with Crippen LogP contribution >= 0.6 is 0 Å². The molecule has 2 bridgehead atoms. The Morgan fingerprint density at radius 2 is 1.88 bits per heavy atom. The van der Waals surface area contributed by atoms with Gasteiger partial charge in [0.05, 0.1) is 5.57 Å². The second-order valence-corrected chi connectivity index (χ2v) is 7.36. The minimum absolute atomic E-state index is 0.0937. The molecule has 2 N–H and O–H groups in total. The highest BCUT2D eigenvalue weighted by molar-refractivity contribution is 6.00. The Morgan fingerprint density at radius 1 is 1.15 bits per heavy atom. The molecule has 0 aromatic heterocycles. The van der Waals surface area contributed by atoms with Crippen LogP contribution in [-0.4, -0.2) is 47.1 Å². The minimum atomic E-state index is -0.965. The van der Waals surface area contributed by atoms with Gasteiger partial charge in [0.15, 0.2) is 0 Å². The van der Waals surface area contributed by atoms with Crippen LogP contribution in [0.15, 0.2) is 41.7 Å². The largest absolute Gasteiger partial charge is 0.493 e. The highest BCUT2D eigenvalue weighted by Crippen LogP contribution is 2.42. The maximum Gasteiger partial charge on any atom is 0.315 e. The fourth-order valence-corrected chi connectivity index (χ4v) is 4.26. The van der Waals surface area contributed by atoms with E-state index in [0.29, 0.717) is 24.2 Å². The molecule has 0 saturated carbocycles. The first-order valence-corrected chi connectivity index (χ1v) is 9.31. The van der Waals surface area contributed by atoms with Crippen molar-refractivity contribution in [2.45, 2.75) is 44.4 Å². The number of carboxylic acids is 1. The molecule has 0 aliphatic carbocycles. The molecule has 2 atom stereocenters. The SMILES string of the molecule is O=C(NC1CCN(Cc2ccccc2)CC1)C1=C2CC[C@H](O2)C1C(=O)O. The molecule has 1 aromatic carbocycles. The molecule has 6 nitrogen and oxygen atoms in total. The van der Waals surface area contributed by atoms with Crippen LogP contribution in [0.2, 0.25) is 0 Å². The van der Waals surface area contributed by atoms with E-state index in [0.717, 1.165) is 32.5 Å². The van der Waals surface area contributed by atoms with Crippen molar-refractivity contribution in [3.05, 3.63) is 47.2 Å². The van der Waals surface area contributed by atoms with Crippen LogP contribution in [-0.2, 0) is 20.9 Å². The van der Waals surface area contributed by atoms with Gasteiger partial charge >= 0.3 is 5.97 Å². The Balaban J connectivity index is 1.32. The number of allylic oxidation sites excluding steroid dienone is 1. The van der Waals surface area contributed by atoms with Crippen molar-refractivity contribution in [2.75, 3.05) is 13.1 Å². The monoisotopic (exact) mass is 356 g/mol. The predicted molar refractivity (Wildman–Crippen MR) is 95.1 cm³/mol. The van der Waals surface area contributed by atoms with Gasteiger partial charge in [-0.2, -0.15) is 0 Å². The molecular weight excluding hydrogens is 332 g/mol. The van der Waals surface area contributed by atoms with E-state index in [1.165, 1.54) is 5.56 Å². The van der Waals surface area contributed by atoms with Crippen molar-refractivity contribution in [1.82, 2.24) is 10.2 Å². The van der Waals surface area contributed by atoms with Crippen molar-refractivity contribution in [3.8, 4) is 0 Å². The highest BCUT2D eigenvalue weighted by Gasteiger charge is 2.48. The van der Waals surface area contributed by atoms with Crippen LogP contribution in [0.3, 0.4) is 0 Å². The number of nitrogens with one attached hydrogen (secondary N) is 1.